The number of nitrogens with zero attached hydrogens (tertiary/aromatic N) is 4. The van der Waals surface area contributed by atoms with E-state index in [4.69, 9.17) is 14.6 Å². The Hall–Kier alpha value is -4.28. The molecule has 0 bridgehead atoms. The number of anilines is 2. The van der Waals surface area contributed by atoms with Crippen LogP contribution in [0.15, 0.2) is 48.8 Å². The summed E-state index contributed by atoms with van der Waals surface area (Å²) in [6, 6.07) is 3.81. The summed E-state index contributed by atoms with van der Waals surface area (Å²) >= 11 is 0. The number of rotatable bonds is 12. The van der Waals surface area contributed by atoms with Gasteiger partial charge >= 0.3 is 24.5 Å². The summed E-state index contributed by atoms with van der Waals surface area (Å²) in [4.78, 5) is 21.9. The molecule has 8 nitrogen and oxygen atoms in total. The third kappa shape index (κ3) is 9.39. The lowest BCUT2D eigenvalue weighted by Gasteiger charge is -2.30. The summed E-state index contributed by atoms with van der Waals surface area (Å²) in [6.07, 6.45) is -12.2. The van der Waals surface area contributed by atoms with Crippen molar-refractivity contribution in [3.8, 4) is 5.75 Å². The van der Waals surface area contributed by atoms with Crippen molar-refractivity contribution in [1.82, 2.24) is 9.97 Å². The fraction of sp³-hybridized carbons (Fsp3) is 0.433. The summed E-state index contributed by atoms with van der Waals surface area (Å²) in [6.45, 7) is 1.06. The van der Waals surface area contributed by atoms with Crippen LogP contribution in [-0.2, 0) is 41.1 Å². The number of carboxylic acid groups (broad SMARTS) is 1. The molecule has 1 aliphatic heterocycles. The summed E-state index contributed by atoms with van der Waals surface area (Å²) in [5.74, 6) is -1.20. The van der Waals surface area contributed by atoms with Crippen molar-refractivity contribution < 1.29 is 58.9 Å². The number of hydrogen-bond donors (Lipinski definition) is 1. The molecule has 0 saturated carbocycles. The first kappa shape index (κ1) is 35.6. The van der Waals surface area contributed by atoms with Crippen LogP contribution < -0.4 is 14.5 Å². The van der Waals surface area contributed by atoms with Gasteiger partial charge in [0, 0.05) is 25.2 Å². The van der Waals surface area contributed by atoms with Crippen LogP contribution in [0.1, 0.15) is 54.0 Å². The van der Waals surface area contributed by atoms with Gasteiger partial charge in [0.25, 0.3) is 0 Å². The summed E-state index contributed by atoms with van der Waals surface area (Å²) in [5.41, 5.74) is -4.22. The van der Waals surface area contributed by atoms with Crippen molar-refractivity contribution in [2.75, 3.05) is 29.7 Å². The van der Waals surface area contributed by atoms with Crippen LogP contribution in [0.5, 0.6) is 5.75 Å². The summed E-state index contributed by atoms with van der Waals surface area (Å²) < 4.78 is 134. The van der Waals surface area contributed by atoms with Crippen LogP contribution in [0.4, 0.5) is 51.1 Å². The van der Waals surface area contributed by atoms with Gasteiger partial charge in [-0.2, -0.15) is 39.5 Å². The molecule has 1 N–H and O–H groups in total. The third-order valence-electron chi connectivity index (χ3n) is 7.25. The minimum Gasteiger partial charge on any atom is -0.490 e. The number of aliphatic carboxylic acids is 1. The average molecular weight is 681 g/mol. The van der Waals surface area contributed by atoms with Crippen LogP contribution in [0.2, 0.25) is 0 Å². The fourth-order valence-corrected chi connectivity index (χ4v) is 4.95. The van der Waals surface area contributed by atoms with Crippen LogP contribution in [0.3, 0.4) is 0 Å². The van der Waals surface area contributed by atoms with E-state index >= 15 is 0 Å². The molecular weight excluding hydrogens is 651 g/mol. The van der Waals surface area contributed by atoms with Crippen LogP contribution in [-0.4, -0.2) is 47.0 Å². The van der Waals surface area contributed by atoms with Crippen LogP contribution >= 0.6 is 0 Å². The average Bonchev–Trinajstić information content (AvgIpc) is 3.46. The second kappa shape index (κ2) is 14.2. The molecule has 3 aromatic rings. The SMILES string of the molecule is CC[C@H]1COCN1c1ccc(C(F)(F)F)cc1CN(Cc1cc(C(F)(F)F)cc(C(F)(F)F)c1)c1ncc(OCCCC(=O)O)cn1. The predicted molar refractivity (Wildman–Crippen MR) is 150 cm³/mol. The molecule has 2 heterocycles. The zero-order valence-electron chi connectivity index (χ0n) is 24.7. The lowest BCUT2D eigenvalue weighted by Crippen LogP contribution is -2.32. The van der Waals surface area contributed by atoms with E-state index in [9.17, 15) is 44.3 Å². The maximum atomic E-state index is 13.8. The van der Waals surface area contributed by atoms with E-state index < -0.39 is 59.8 Å². The van der Waals surface area contributed by atoms with E-state index in [2.05, 4.69) is 9.97 Å². The predicted octanol–water partition coefficient (Wildman–Crippen LogP) is 7.56. The number of carbonyl (C=O) groups is 1. The maximum Gasteiger partial charge on any atom is 0.416 e. The lowest BCUT2D eigenvalue weighted by molar-refractivity contribution is -0.143. The molecule has 0 unspecified atom stereocenters. The van der Waals surface area contributed by atoms with Crippen molar-refractivity contribution in [3.63, 3.8) is 0 Å². The van der Waals surface area contributed by atoms with Crippen molar-refractivity contribution in [1.29, 1.82) is 0 Å². The molecule has 0 aliphatic carbocycles. The Morgan fingerprint density at radius 3 is 2.11 bits per heavy atom. The molecule has 1 aliphatic rings. The zero-order valence-corrected chi connectivity index (χ0v) is 24.7. The van der Waals surface area contributed by atoms with Gasteiger partial charge in [-0.05, 0) is 60.4 Å². The molecule has 47 heavy (non-hydrogen) atoms. The molecule has 256 valence electrons. The normalized spacial score (nSPS) is 15.6. The Kier molecular flexibility index (Phi) is 10.8. The van der Waals surface area contributed by atoms with E-state index in [1.807, 2.05) is 6.92 Å². The van der Waals surface area contributed by atoms with Crippen molar-refractivity contribution in [2.45, 2.75) is 63.8 Å². The molecule has 0 radical (unpaired) electrons. The quantitative estimate of drug-likeness (QED) is 0.155. The van der Waals surface area contributed by atoms with Gasteiger partial charge < -0.3 is 24.4 Å². The molecular formula is C30H29F9N4O4. The van der Waals surface area contributed by atoms with Gasteiger partial charge in [0.1, 0.15) is 6.73 Å². The third-order valence-corrected chi connectivity index (χ3v) is 7.25. The molecule has 17 heteroatoms. The second-order valence-corrected chi connectivity index (χ2v) is 10.7. The number of halogens is 9. The Morgan fingerprint density at radius 2 is 1.55 bits per heavy atom. The van der Waals surface area contributed by atoms with Gasteiger partial charge in [-0.25, -0.2) is 9.97 Å². The lowest BCUT2D eigenvalue weighted by atomic mass is 10.0. The topological polar surface area (TPSA) is 88.0 Å². The standard InChI is InChI=1S/C30H29F9N4O4/c1-2-23-16-46-17-43(23)25-6-5-20(28(31,32)33)10-19(25)15-42(27-40-12-24(13-41-27)47-7-3-4-26(44)45)14-18-8-21(29(34,35)36)11-22(9-18)30(37,38)39/h5-6,8-13,23H,2-4,7,14-17H2,1H3,(H,44,45)/t23-/m0/s1. The van der Waals surface area contributed by atoms with Gasteiger partial charge in [-0.15, -0.1) is 0 Å². The molecule has 0 amide bonds. The molecule has 4 rings (SSSR count). The highest BCUT2D eigenvalue weighted by Gasteiger charge is 2.38. The summed E-state index contributed by atoms with van der Waals surface area (Å²) in [7, 11) is 0. The Labute approximate surface area is 262 Å². The van der Waals surface area contributed by atoms with Gasteiger partial charge in [-0.3, -0.25) is 4.79 Å². The Balaban J connectivity index is 1.78. The van der Waals surface area contributed by atoms with E-state index in [1.165, 1.54) is 6.07 Å². The van der Waals surface area contributed by atoms with E-state index in [1.54, 1.807) is 4.90 Å². The molecule has 0 spiro atoms. The van der Waals surface area contributed by atoms with Crippen molar-refractivity contribution >= 4 is 17.6 Å². The number of alkyl halides is 9. The van der Waals surface area contributed by atoms with Gasteiger partial charge in [0.05, 0.1) is 48.3 Å². The summed E-state index contributed by atoms with van der Waals surface area (Å²) in [5, 5.41) is 8.77. The number of hydrogen-bond acceptors (Lipinski definition) is 7. The maximum absolute atomic E-state index is 13.8. The number of aromatic nitrogens is 2. The van der Waals surface area contributed by atoms with Gasteiger partial charge in [-0.1, -0.05) is 6.92 Å². The highest BCUT2D eigenvalue weighted by molar-refractivity contribution is 5.66. The van der Waals surface area contributed by atoms with Crippen molar-refractivity contribution in [2.24, 2.45) is 0 Å². The number of carboxylic acids is 1. The zero-order chi connectivity index (χ0) is 34.6. The highest BCUT2D eigenvalue weighted by Crippen LogP contribution is 2.38. The molecule has 1 atom stereocenters. The Bertz CT molecular complexity index is 1500. The molecule has 1 saturated heterocycles. The van der Waals surface area contributed by atoms with Gasteiger partial charge in [0.15, 0.2) is 5.75 Å². The number of benzene rings is 2. The molecule has 1 fully saturated rings. The second-order valence-electron chi connectivity index (χ2n) is 10.7. The van der Waals surface area contributed by atoms with Crippen LogP contribution in [0, 0.1) is 0 Å². The van der Waals surface area contributed by atoms with Crippen LogP contribution in [0.25, 0.3) is 0 Å². The highest BCUT2D eigenvalue weighted by atomic mass is 19.4. The van der Waals surface area contributed by atoms with E-state index in [-0.39, 0.29) is 55.5 Å². The van der Waals surface area contributed by atoms with Crippen molar-refractivity contribution in [3.05, 3.63) is 76.6 Å². The molecule has 1 aromatic heterocycles. The van der Waals surface area contributed by atoms with Gasteiger partial charge in [0.2, 0.25) is 5.95 Å². The van der Waals surface area contributed by atoms with E-state index in [0.717, 1.165) is 29.4 Å². The monoisotopic (exact) mass is 680 g/mol. The minimum absolute atomic E-state index is 0.0206. The first-order chi connectivity index (χ1) is 22.0. The first-order valence-electron chi connectivity index (χ1n) is 14.2. The smallest absolute Gasteiger partial charge is 0.416 e. The van der Waals surface area contributed by atoms with E-state index in [0.29, 0.717) is 30.8 Å². The molecule has 2 aromatic carbocycles. The number of ether oxygens (including phenoxy) is 2. The fourth-order valence-electron chi connectivity index (χ4n) is 4.95. The minimum atomic E-state index is -5.13. The first-order valence-corrected chi connectivity index (χ1v) is 14.2. The largest absolute Gasteiger partial charge is 0.490 e. The Morgan fingerprint density at radius 1 is 0.936 bits per heavy atom.